The van der Waals surface area contributed by atoms with E-state index in [0.29, 0.717) is 6.08 Å². The van der Waals surface area contributed by atoms with Gasteiger partial charge in [0.2, 0.25) is 0 Å². The molecule has 0 radical (unpaired) electrons. The topological polar surface area (TPSA) is 95.5 Å². The van der Waals surface area contributed by atoms with Gasteiger partial charge in [0.05, 0.1) is 0 Å². The molecule has 0 aliphatic heterocycles. The average Bonchev–Trinajstić information content (AvgIpc) is 2.23. The summed E-state index contributed by atoms with van der Waals surface area (Å²) in [7, 11) is 0. The first-order valence-electron chi connectivity index (χ1n) is 5.06. The normalized spacial score (nSPS) is 12.1. The van der Waals surface area contributed by atoms with Gasteiger partial charge < -0.3 is 10.4 Å². The third-order valence-electron chi connectivity index (χ3n) is 1.56. The Morgan fingerprint density at radius 1 is 1.35 bits per heavy atom. The molecule has 0 spiro atoms. The summed E-state index contributed by atoms with van der Waals surface area (Å²) in [5.41, 5.74) is 0. The van der Waals surface area contributed by atoms with Crippen LogP contribution in [-0.4, -0.2) is 40.6 Å². The van der Waals surface area contributed by atoms with Gasteiger partial charge >= 0.3 is 12.0 Å². The van der Waals surface area contributed by atoms with E-state index in [4.69, 9.17) is 5.11 Å². The van der Waals surface area contributed by atoms with Gasteiger partial charge in [-0.1, -0.05) is 6.92 Å². The minimum Gasteiger partial charge on any atom is -0.478 e. The summed E-state index contributed by atoms with van der Waals surface area (Å²) in [6.45, 7) is 3.83. The lowest BCUT2D eigenvalue weighted by atomic mass is 10.4. The number of amides is 3. The fourth-order valence-electron chi connectivity index (χ4n) is 0.897. The maximum absolute atomic E-state index is 11.2. The van der Waals surface area contributed by atoms with Gasteiger partial charge in [-0.3, -0.25) is 10.1 Å². The molecule has 7 heteroatoms. The maximum Gasteiger partial charge on any atom is 0.328 e. The molecule has 0 bridgehead atoms. The highest BCUT2D eigenvalue weighted by atomic mass is 32.2. The number of carbonyl (C=O) groups is 3. The molecule has 6 nitrogen and oxygen atoms in total. The van der Waals surface area contributed by atoms with Crippen LogP contribution in [0.5, 0.6) is 0 Å². The first-order chi connectivity index (χ1) is 7.95. The zero-order valence-electron chi connectivity index (χ0n) is 9.73. The monoisotopic (exact) mass is 260 g/mol. The molecule has 0 aromatic carbocycles. The van der Waals surface area contributed by atoms with Crippen molar-refractivity contribution in [1.82, 2.24) is 10.6 Å². The van der Waals surface area contributed by atoms with E-state index in [1.165, 1.54) is 0 Å². The molecule has 0 rings (SSSR count). The molecule has 0 aromatic rings. The predicted octanol–water partition coefficient (Wildman–Crippen LogP) is 0.595. The number of aliphatic carboxylic acids is 1. The number of thioether (sulfide) groups is 1. The zero-order valence-corrected chi connectivity index (χ0v) is 10.5. The smallest absolute Gasteiger partial charge is 0.328 e. The molecule has 0 aromatic heterocycles. The van der Waals surface area contributed by atoms with Crippen molar-refractivity contribution in [1.29, 1.82) is 0 Å². The van der Waals surface area contributed by atoms with Crippen LogP contribution < -0.4 is 10.6 Å². The quantitative estimate of drug-likeness (QED) is 0.608. The van der Waals surface area contributed by atoms with Gasteiger partial charge in [-0.05, 0) is 12.7 Å². The number of rotatable bonds is 6. The van der Waals surface area contributed by atoms with E-state index in [1.54, 1.807) is 11.8 Å². The van der Waals surface area contributed by atoms with E-state index < -0.39 is 17.9 Å². The van der Waals surface area contributed by atoms with E-state index in [1.807, 2.05) is 19.2 Å². The molecular weight excluding hydrogens is 244 g/mol. The minimum atomic E-state index is -1.24. The molecule has 1 atom stereocenters. The Balaban J connectivity index is 3.93. The number of carbonyl (C=O) groups excluding carboxylic acids is 2. The highest BCUT2D eigenvalue weighted by Gasteiger charge is 2.08. The summed E-state index contributed by atoms with van der Waals surface area (Å²) in [5.74, 6) is -0.301. The highest BCUT2D eigenvalue weighted by molar-refractivity contribution is 7.99. The molecule has 0 fully saturated rings. The van der Waals surface area contributed by atoms with E-state index in [2.05, 4.69) is 5.32 Å². The Bertz CT molecular complexity index is 317. The Morgan fingerprint density at radius 2 is 2.00 bits per heavy atom. The summed E-state index contributed by atoms with van der Waals surface area (Å²) < 4.78 is 0. The number of urea groups is 1. The molecule has 96 valence electrons. The van der Waals surface area contributed by atoms with Crippen LogP contribution in [0.1, 0.15) is 13.8 Å². The molecular formula is C10H16N2O4S. The van der Waals surface area contributed by atoms with E-state index >= 15 is 0 Å². The maximum atomic E-state index is 11.2. The lowest BCUT2D eigenvalue weighted by Crippen LogP contribution is -2.43. The van der Waals surface area contributed by atoms with Gasteiger partial charge in [-0.2, -0.15) is 11.8 Å². The predicted molar refractivity (Wildman–Crippen MR) is 65.9 cm³/mol. The lowest BCUT2D eigenvalue weighted by Gasteiger charge is -2.12. The van der Waals surface area contributed by atoms with Crippen LogP contribution in [0, 0.1) is 0 Å². The van der Waals surface area contributed by atoms with Crippen molar-refractivity contribution in [2.45, 2.75) is 19.9 Å². The van der Waals surface area contributed by atoms with E-state index in [0.717, 1.165) is 17.6 Å². The first kappa shape index (κ1) is 15.5. The molecule has 3 amide bonds. The van der Waals surface area contributed by atoms with Gasteiger partial charge in [-0.25, -0.2) is 9.59 Å². The van der Waals surface area contributed by atoms with Gasteiger partial charge in [0.25, 0.3) is 5.91 Å². The molecule has 17 heavy (non-hydrogen) atoms. The molecule has 0 saturated carbocycles. The highest BCUT2D eigenvalue weighted by Crippen LogP contribution is 2.00. The number of imide groups is 1. The van der Waals surface area contributed by atoms with Crippen LogP contribution in [0.25, 0.3) is 0 Å². The van der Waals surface area contributed by atoms with Crippen molar-refractivity contribution in [2.75, 3.05) is 11.5 Å². The van der Waals surface area contributed by atoms with Crippen molar-refractivity contribution in [3.8, 4) is 0 Å². The van der Waals surface area contributed by atoms with Crippen LogP contribution in [0.3, 0.4) is 0 Å². The van der Waals surface area contributed by atoms with E-state index in [9.17, 15) is 14.4 Å². The van der Waals surface area contributed by atoms with Crippen LogP contribution in [0.4, 0.5) is 4.79 Å². The second-order valence-corrected chi connectivity index (χ2v) is 4.51. The van der Waals surface area contributed by atoms with Gasteiger partial charge in [0.1, 0.15) is 0 Å². The van der Waals surface area contributed by atoms with Crippen molar-refractivity contribution in [3.05, 3.63) is 12.2 Å². The molecule has 0 aliphatic carbocycles. The summed E-state index contributed by atoms with van der Waals surface area (Å²) >= 11 is 1.67. The second-order valence-electron chi connectivity index (χ2n) is 3.19. The second kappa shape index (κ2) is 8.63. The third-order valence-corrected chi connectivity index (χ3v) is 2.71. The number of hydrogen-bond acceptors (Lipinski definition) is 4. The Labute approximate surface area is 104 Å². The Morgan fingerprint density at radius 3 is 2.53 bits per heavy atom. The molecule has 1 unspecified atom stereocenters. The summed E-state index contributed by atoms with van der Waals surface area (Å²) in [6.07, 6.45) is 1.45. The number of carboxylic acid groups (broad SMARTS) is 1. The summed E-state index contributed by atoms with van der Waals surface area (Å²) in [6, 6.07) is -0.689. The molecule has 0 aliphatic rings. The fourth-order valence-corrected chi connectivity index (χ4v) is 1.57. The molecule has 0 heterocycles. The van der Waals surface area contributed by atoms with Crippen LogP contribution in [0.2, 0.25) is 0 Å². The lowest BCUT2D eigenvalue weighted by molar-refractivity contribution is -0.131. The number of carboxylic acids is 1. The Hall–Kier alpha value is -1.50. The van der Waals surface area contributed by atoms with Gasteiger partial charge in [0, 0.05) is 23.9 Å². The summed E-state index contributed by atoms with van der Waals surface area (Å²) in [5, 5.41) is 12.8. The first-order valence-corrected chi connectivity index (χ1v) is 6.21. The van der Waals surface area contributed by atoms with Crippen LogP contribution in [-0.2, 0) is 9.59 Å². The van der Waals surface area contributed by atoms with Gasteiger partial charge in [0.15, 0.2) is 0 Å². The Kier molecular flexibility index (Phi) is 7.87. The molecule has 0 saturated heterocycles. The van der Waals surface area contributed by atoms with Crippen molar-refractivity contribution in [3.63, 3.8) is 0 Å². The van der Waals surface area contributed by atoms with Crippen LogP contribution >= 0.6 is 11.8 Å². The van der Waals surface area contributed by atoms with Crippen LogP contribution in [0.15, 0.2) is 12.2 Å². The van der Waals surface area contributed by atoms with Gasteiger partial charge in [-0.15, -0.1) is 0 Å². The largest absolute Gasteiger partial charge is 0.478 e. The van der Waals surface area contributed by atoms with Crippen molar-refractivity contribution < 1.29 is 19.5 Å². The average molecular weight is 260 g/mol. The number of nitrogens with one attached hydrogen (secondary N) is 2. The van der Waals surface area contributed by atoms with E-state index in [-0.39, 0.29) is 6.04 Å². The molecule has 3 N–H and O–H groups in total. The fraction of sp³-hybridized carbons (Fsp3) is 0.500. The standard InChI is InChI=1S/C10H16N2O4S/c1-3-17-6-7(2)11-10(16)12-8(13)4-5-9(14)15/h4-5,7H,3,6H2,1-2H3,(H,14,15)(H2,11,12,13,16)/b5-4+. The summed E-state index contributed by atoms with van der Waals surface area (Å²) in [4.78, 5) is 32.4. The van der Waals surface area contributed by atoms with Crippen molar-refractivity contribution in [2.24, 2.45) is 0 Å². The number of hydrogen-bond donors (Lipinski definition) is 3. The van der Waals surface area contributed by atoms with Crippen molar-refractivity contribution >= 4 is 29.7 Å². The zero-order chi connectivity index (χ0) is 13.3. The third kappa shape index (κ3) is 9.43. The SMILES string of the molecule is CCSCC(C)NC(=O)NC(=O)/C=C/C(=O)O. The minimum absolute atomic E-state index is 0.0591.